The number of hydrogen-bond donors (Lipinski definition) is 1. The van der Waals surface area contributed by atoms with Gasteiger partial charge in [0, 0.05) is 5.57 Å². The summed E-state index contributed by atoms with van der Waals surface area (Å²) in [5, 5.41) is 10.0. The Morgan fingerprint density at radius 1 is 1.33 bits per heavy atom. The van der Waals surface area contributed by atoms with Gasteiger partial charge in [-0.05, 0) is 38.0 Å². The lowest BCUT2D eigenvalue weighted by Crippen LogP contribution is -2.23. The molecule has 0 fully saturated rings. The van der Waals surface area contributed by atoms with E-state index in [1.807, 2.05) is 31.2 Å². The van der Waals surface area contributed by atoms with Crippen LogP contribution in [0.25, 0.3) is 0 Å². The van der Waals surface area contributed by atoms with Crippen LogP contribution in [0.2, 0.25) is 0 Å². The maximum absolute atomic E-state index is 11.6. The first kappa shape index (κ1) is 13.0. The number of hydrogen-bond acceptors (Lipinski definition) is 4. The van der Waals surface area contributed by atoms with Crippen LogP contribution in [0.3, 0.4) is 0 Å². The fraction of sp³-hybridized carbons (Fsp3) is 0.357. The van der Waals surface area contributed by atoms with Crippen LogP contribution in [-0.2, 0) is 11.2 Å². The Bertz CT molecular complexity index is 504. The molecule has 1 atom stereocenters. The lowest BCUT2D eigenvalue weighted by atomic mass is 9.96. The Hall–Kier alpha value is -1.42. The van der Waals surface area contributed by atoms with Crippen molar-refractivity contribution in [2.45, 2.75) is 25.0 Å². The first-order valence-corrected chi connectivity index (χ1v) is 6.54. The third-order valence-electron chi connectivity index (χ3n) is 3.18. The zero-order chi connectivity index (χ0) is 13.3. The van der Waals surface area contributed by atoms with E-state index in [2.05, 4.69) is 0 Å². The van der Waals surface area contributed by atoms with E-state index >= 15 is 0 Å². The zero-order valence-electron chi connectivity index (χ0n) is 10.7. The van der Waals surface area contributed by atoms with Gasteiger partial charge in [-0.3, -0.25) is 4.79 Å². The molecule has 0 aromatic heterocycles. The third kappa shape index (κ3) is 2.25. The predicted octanol–water partition coefficient (Wildman–Crippen LogP) is 3.10. The van der Waals surface area contributed by atoms with Gasteiger partial charge in [0.2, 0.25) is 5.12 Å². The average molecular weight is 264 g/mol. The molecule has 96 valence electrons. The van der Waals surface area contributed by atoms with Crippen molar-refractivity contribution < 1.29 is 14.6 Å². The summed E-state index contributed by atoms with van der Waals surface area (Å²) in [5.74, 6) is 1.00. The molecule has 1 aromatic carbocycles. The predicted molar refractivity (Wildman–Crippen MR) is 73.0 cm³/mol. The van der Waals surface area contributed by atoms with Crippen molar-refractivity contribution in [2.75, 3.05) is 7.11 Å². The Morgan fingerprint density at radius 2 is 1.94 bits per heavy atom. The summed E-state index contributed by atoms with van der Waals surface area (Å²) in [5.41, 5.74) is 1.54. The maximum Gasteiger partial charge on any atom is 0.219 e. The van der Waals surface area contributed by atoms with Crippen LogP contribution in [0.1, 0.15) is 19.4 Å². The lowest BCUT2D eigenvalue weighted by Gasteiger charge is -2.22. The zero-order valence-corrected chi connectivity index (χ0v) is 11.5. The number of thioether (sulfide) groups is 1. The molecule has 0 aliphatic carbocycles. The Morgan fingerprint density at radius 3 is 2.39 bits per heavy atom. The largest absolute Gasteiger partial charge is 0.510 e. The quantitative estimate of drug-likeness (QED) is 0.911. The molecule has 0 saturated heterocycles. The van der Waals surface area contributed by atoms with Crippen LogP contribution in [0.15, 0.2) is 35.6 Å². The van der Waals surface area contributed by atoms with E-state index in [9.17, 15) is 9.90 Å². The van der Waals surface area contributed by atoms with Crippen LogP contribution < -0.4 is 4.74 Å². The van der Waals surface area contributed by atoms with Crippen molar-refractivity contribution in [1.29, 1.82) is 0 Å². The number of benzene rings is 1. The highest BCUT2D eigenvalue weighted by Crippen LogP contribution is 2.44. The van der Waals surface area contributed by atoms with Crippen molar-refractivity contribution in [3.8, 4) is 5.75 Å². The van der Waals surface area contributed by atoms with Gasteiger partial charge >= 0.3 is 0 Å². The number of methoxy groups -OCH3 is 1. The molecule has 1 aromatic rings. The maximum atomic E-state index is 11.6. The SMILES string of the molecule is COc1ccc(C[C@]2(C)SC(=O)C(C)=C2O)cc1. The van der Waals surface area contributed by atoms with E-state index in [1.54, 1.807) is 14.0 Å². The van der Waals surface area contributed by atoms with Gasteiger partial charge in [-0.15, -0.1) is 0 Å². The van der Waals surface area contributed by atoms with Crippen molar-refractivity contribution in [3.05, 3.63) is 41.2 Å². The molecule has 1 aliphatic rings. The van der Waals surface area contributed by atoms with E-state index in [-0.39, 0.29) is 10.9 Å². The van der Waals surface area contributed by atoms with E-state index in [0.29, 0.717) is 12.0 Å². The monoisotopic (exact) mass is 264 g/mol. The second-order valence-electron chi connectivity index (χ2n) is 4.62. The van der Waals surface area contributed by atoms with Gasteiger partial charge in [-0.2, -0.15) is 0 Å². The molecule has 4 heteroatoms. The third-order valence-corrected chi connectivity index (χ3v) is 4.46. The highest BCUT2D eigenvalue weighted by molar-refractivity contribution is 8.15. The summed E-state index contributed by atoms with van der Waals surface area (Å²) >= 11 is 1.19. The smallest absolute Gasteiger partial charge is 0.219 e. The van der Waals surface area contributed by atoms with E-state index in [1.165, 1.54) is 11.8 Å². The standard InChI is InChI=1S/C14H16O3S/c1-9-12(15)14(2,18-13(9)16)8-10-4-6-11(17-3)7-5-10/h4-7,15H,8H2,1-3H3/t14-/m0/s1. The fourth-order valence-corrected chi connectivity index (χ4v) is 3.22. The van der Waals surface area contributed by atoms with Gasteiger partial charge in [0.25, 0.3) is 0 Å². The molecular formula is C14H16O3S. The number of carbonyl (C=O) groups excluding carboxylic acids is 1. The summed E-state index contributed by atoms with van der Waals surface area (Å²) in [6.45, 7) is 3.57. The van der Waals surface area contributed by atoms with Crippen molar-refractivity contribution in [1.82, 2.24) is 0 Å². The van der Waals surface area contributed by atoms with Crippen LogP contribution in [0, 0.1) is 0 Å². The summed E-state index contributed by atoms with van der Waals surface area (Å²) in [6, 6.07) is 7.67. The molecule has 0 spiro atoms. The molecule has 0 unspecified atom stereocenters. The lowest BCUT2D eigenvalue weighted by molar-refractivity contribution is -0.107. The van der Waals surface area contributed by atoms with Crippen LogP contribution in [-0.4, -0.2) is 22.1 Å². The summed E-state index contributed by atoms with van der Waals surface area (Å²) < 4.78 is 4.56. The van der Waals surface area contributed by atoms with Gasteiger partial charge < -0.3 is 9.84 Å². The number of aliphatic hydroxyl groups excluding tert-OH is 1. The van der Waals surface area contributed by atoms with Crippen LogP contribution in [0.5, 0.6) is 5.75 Å². The van der Waals surface area contributed by atoms with Crippen molar-refractivity contribution >= 4 is 16.9 Å². The van der Waals surface area contributed by atoms with Crippen LogP contribution in [0.4, 0.5) is 0 Å². The first-order chi connectivity index (χ1) is 8.46. The normalized spacial score (nSPS) is 23.6. The van der Waals surface area contributed by atoms with Gasteiger partial charge in [-0.25, -0.2) is 0 Å². The first-order valence-electron chi connectivity index (χ1n) is 5.73. The minimum Gasteiger partial charge on any atom is -0.510 e. The number of carbonyl (C=O) groups is 1. The van der Waals surface area contributed by atoms with Gasteiger partial charge in [0.05, 0.1) is 11.9 Å². The van der Waals surface area contributed by atoms with Crippen molar-refractivity contribution in [2.24, 2.45) is 0 Å². The number of aliphatic hydroxyl groups is 1. The average Bonchev–Trinajstić information content (AvgIpc) is 2.54. The molecule has 0 bridgehead atoms. The Labute approximate surface area is 111 Å². The second-order valence-corrected chi connectivity index (χ2v) is 6.09. The highest BCUT2D eigenvalue weighted by atomic mass is 32.2. The van der Waals surface area contributed by atoms with E-state index in [0.717, 1.165) is 11.3 Å². The molecule has 18 heavy (non-hydrogen) atoms. The molecule has 1 aliphatic heterocycles. The van der Waals surface area contributed by atoms with Gasteiger partial charge in [-0.1, -0.05) is 23.9 Å². The fourth-order valence-electron chi connectivity index (χ4n) is 2.08. The topological polar surface area (TPSA) is 46.5 Å². The molecular weight excluding hydrogens is 248 g/mol. The molecule has 0 amide bonds. The molecule has 0 radical (unpaired) electrons. The summed E-state index contributed by atoms with van der Waals surface area (Å²) in [7, 11) is 1.62. The molecule has 1 N–H and O–H groups in total. The van der Waals surface area contributed by atoms with Crippen LogP contribution >= 0.6 is 11.8 Å². The molecule has 3 nitrogen and oxygen atoms in total. The Kier molecular flexibility index (Phi) is 3.39. The van der Waals surface area contributed by atoms with Gasteiger partial charge in [0.15, 0.2) is 0 Å². The van der Waals surface area contributed by atoms with E-state index in [4.69, 9.17) is 4.74 Å². The minimum absolute atomic E-state index is 0.0384. The number of rotatable bonds is 3. The van der Waals surface area contributed by atoms with E-state index < -0.39 is 4.75 Å². The summed E-state index contributed by atoms with van der Waals surface area (Å²) in [6.07, 6.45) is 0.622. The Balaban J connectivity index is 2.21. The minimum atomic E-state index is -0.546. The van der Waals surface area contributed by atoms with Crippen molar-refractivity contribution in [3.63, 3.8) is 0 Å². The highest BCUT2D eigenvalue weighted by Gasteiger charge is 2.41. The number of ether oxygens (including phenoxy) is 1. The van der Waals surface area contributed by atoms with Gasteiger partial charge in [0.1, 0.15) is 11.5 Å². The molecule has 1 heterocycles. The second kappa shape index (κ2) is 4.69. The summed E-state index contributed by atoms with van der Waals surface area (Å²) in [4.78, 5) is 11.6. The molecule has 2 rings (SSSR count). The molecule has 0 saturated carbocycles.